The molecular formula is C13H16Br2OS. The van der Waals surface area contributed by atoms with Gasteiger partial charge in [-0.3, -0.25) is 4.79 Å². The molecule has 0 spiro atoms. The van der Waals surface area contributed by atoms with Gasteiger partial charge in [0.15, 0.2) is 5.78 Å². The van der Waals surface area contributed by atoms with E-state index < -0.39 is 0 Å². The molecule has 1 aliphatic rings. The maximum absolute atomic E-state index is 12.0. The predicted octanol–water partition coefficient (Wildman–Crippen LogP) is 5.82. The Bertz CT molecular complexity index is 375. The zero-order valence-electron chi connectivity index (χ0n) is 9.68. The maximum Gasteiger partial charge on any atom is 0.172 e. The van der Waals surface area contributed by atoms with E-state index in [4.69, 9.17) is 0 Å². The number of hydrogen-bond donors (Lipinski definition) is 0. The molecule has 0 aromatic carbocycles. The van der Waals surface area contributed by atoms with Gasteiger partial charge in [0.05, 0.1) is 8.66 Å². The smallest absolute Gasteiger partial charge is 0.172 e. The molecule has 1 heterocycles. The van der Waals surface area contributed by atoms with E-state index in [0.717, 1.165) is 25.5 Å². The molecule has 1 nitrogen and oxygen atoms in total. The number of Topliss-reactive ketones (excluding diaryl/α,β-unsaturated/α-hetero) is 1. The van der Waals surface area contributed by atoms with Crippen molar-refractivity contribution in [2.75, 3.05) is 0 Å². The molecule has 17 heavy (non-hydrogen) atoms. The Morgan fingerprint density at radius 3 is 2.59 bits per heavy atom. The quantitative estimate of drug-likeness (QED) is 0.602. The first kappa shape index (κ1) is 13.8. The van der Waals surface area contributed by atoms with E-state index in [2.05, 4.69) is 31.9 Å². The molecule has 1 fully saturated rings. The lowest BCUT2D eigenvalue weighted by Crippen LogP contribution is -2.08. The molecule has 4 heteroatoms. The van der Waals surface area contributed by atoms with E-state index in [-0.39, 0.29) is 0 Å². The predicted molar refractivity (Wildman–Crippen MR) is 79.9 cm³/mol. The summed E-state index contributed by atoms with van der Waals surface area (Å²) >= 11 is 8.38. The lowest BCUT2D eigenvalue weighted by molar-refractivity contribution is 0.0974. The Hall–Kier alpha value is 0.330. The molecule has 0 amide bonds. The molecule has 1 aliphatic carbocycles. The number of ketones is 1. The Morgan fingerprint density at radius 2 is 2.00 bits per heavy atom. The number of rotatable bonds is 4. The van der Waals surface area contributed by atoms with Crippen LogP contribution in [0.4, 0.5) is 0 Å². The largest absolute Gasteiger partial charge is 0.293 e. The summed E-state index contributed by atoms with van der Waals surface area (Å²) in [5.74, 6) is 1.09. The van der Waals surface area contributed by atoms with Crippen molar-refractivity contribution in [3.63, 3.8) is 0 Å². The molecular weight excluding hydrogens is 364 g/mol. The first-order chi connectivity index (χ1) is 8.16. The van der Waals surface area contributed by atoms with Gasteiger partial charge in [0.25, 0.3) is 0 Å². The molecule has 0 bridgehead atoms. The summed E-state index contributed by atoms with van der Waals surface area (Å²) < 4.78 is 2.00. The van der Waals surface area contributed by atoms with Gasteiger partial charge >= 0.3 is 0 Å². The van der Waals surface area contributed by atoms with Crippen LogP contribution >= 0.6 is 43.2 Å². The van der Waals surface area contributed by atoms with Gasteiger partial charge in [-0.2, -0.15) is 0 Å². The van der Waals surface area contributed by atoms with Crippen LogP contribution in [0.3, 0.4) is 0 Å². The highest BCUT2D eigenvalue weighted by Crippen LogP contribution is 2.34. The van der Waals surface area contributed by atoms with Crippen molar-refractivity contribution < 1.29 is 4.79 Å². The van der Waals surface area contributed by atoms with Gasteiger partial charge in [0, 0.05) is 10.9 Å². The molecule has 0 N–H and O–H groups in total. The summed E-state index contributed by atoms with van der Waals surface area (Å²) in [6.07, 6.45) is 8.53. The molecule has 1 aromatic rings. The van der Waals surface area contributed by atoms with Gasteiger partial charge < -0.3 is 0 Å². The van der Waals surface area contributed by atoms with Gasteiger partial charge in [-0.05, 0) is 50.3 Å². The molecule has 1 aromatic heterocycles. The third-order valence-electron chi connectivity index (χ3n) is 3.42. The van der Waals surface area contributed by atoms with Gasteiger partial charge in [-0.25, -0.2) is 0 Å². The van der Waals surface area contributed by atoms with E-state index in [1.165, 1.54) is 43.4 Å². The minimum atomic E-state index is 0.298. The van der Waals surface area contributed by atoms with Crippen LogP contribution in [0.25, 0.3) is 0 Å². The maximum atomic E-state index is 12.0. The fourth-order valence-corrected chi connectivity index (χ4v) is 4.42. The van der Waals surface area contributed by atoms with E-state index in [1.54, 1.807) is 0 Å². The van der Waals surface area contributed by atoms with E-state index >= 15 is 0 Å². The van der Waals surface area contributed by atoms with Crippen molar-refractivity contribution in [1.82, 2.24) is 0 Å². The first-order valence-corrected chi connectivity index (χ1v) is 8.55. The third kappa shape index (κ3) is 3.90. The molecule has 2 rings (SSSR count). The molecule has 0 aliphatic heterocycles. The average molecular weight is 380 g/mol. The lowest BCUT2D eigenvalue weighted by atomic mass is 9.85. The van der Waals surface area contributed by atoms with Crippen LogP contribution in [0.2, 0.25) is 0 Å². The van der Waals surface area contributed by atoms with Crippen molar-refractivity contribution in [3.05, 3.63) is 19.2 Å². The monoisotopic (exact) mass is 378 g/mol. The fourth-order valence-electron chi connectivity index (χ4n) is 2.42. The summed E-state index contributed by atoms with van der Waals surface area (Å²) in [7, 11) is 0. The van der Waals surface area contributed by atoms with Crippen LogP contribution in [0.1, 0.15) is 54.6 Å². The summed E-state index contributed by atoms with van der Waals surface area (Å²) in [4.78, 5) is 12.9. The summed E-state index contributed by atoms with van der Waals surface area (Å²) in [6, 6.07) is 1.93. The molecule has 0 atom stereocenters. The minimum Gasteiger partial charge on any atom is -0.293 e. The van der Waals surface area contributed by atoms with Crippen molar-refractivity contribution in [1.29, 1.82) is 0 Å². The second kappa shape index (κ2) is 6.48. The van der Waals surface area contributed by atoms with Gasteiger partial charge in [-0.15, -0.1) is 11.3 Å². The van der Waals surface area contributed by atoms with Gasteiger partial charge in [0.2, 0.25) is 0 Å². The molecule has 0 saturated heterocycles. The summed E-state index contributed by atoms with van der Waals surface area (Å²) in [6.45, 7) is 0. The zero-order valence-corrected chi connectivity index (χ0v) is 13.7. The van der Waals surface area contributed by atoms with E-state index in [9.17, 15) is 4.79 Å². The highest BCUT2D eigenvalue weighted by Gasteiger charge is 2.17. The van der Waals surface area contributed by atoms with E-state index in [0.29, 0.717) is 12.2 Å². The Labute approximate surface area is 123 Å². The summed E-state index contributed by atoms with van der Waals surface area (Å²) in [5.41, 5.74) is 0. The van der Waals surface area contributed by atoms with E-state index in [1.807, 2.05) is 6.07 Å². The number of carbonyl (C=O) groups is 1. The van der Waals surface area contributed by atoms with Crippen LogP contribution in [0.5, 0.6) is 0 Å². The van der Waals surface area contributed by atoms with Crippen molar-refractivity contribution in [2.24, 2.45) is 5.92 Å². The number of halogens is 2. The fraction of sp³-hybridized carbons (Fsp3) is 0.615. The number of carbonyl (C=O) groups excluding carboxylic acids is 1. The topological polar surface area (TPSA) is 17.1 Å². The Balaban J connectivity index is 1.84. The van der Waals surface area contributed by atoms with Crippen LogP contribution in [-0.4, -0.2) is 5.78 Å². The second-order valence-corrected chi connectivity index (χ2v) is 7.92. The molecule has 94 valence electrons. The van der Waals surface area contributed by atoms with Gasteiger partial charge in [0.1, 0.15) is 0 Å². The zero-order chi connectivity index (χ0) is 12.3. The van der Waals surface area contributed by atoms with Crippen molar-refractivity contribution in [3.8, 4) is 0 Å². The number of thiophene rings is 1. The third-order valence-corrected chi connectivity index (χ3v) is 6.72. The van der Waals surface area contributed by atoms with Crippen LogP contribution in [0.15, 0.2) is 14.3 Å². The normalized spacial score (nSPS) is 17.3. The minimum absolute atomic E-state index is 0.298. The van der Waals surface area contributed by atoms with Crippen molar-refractivity contribution in [2.45, 2.75) is 44.9 Å². The molecule has 0 radical (unpaired) electrons. The highest BCUT2D eigenvalue weighted by atomic mass is 79.9. The van der Waals surface area contributed by atoms with Crippen LogP contribution in [0, 0.1) is 5.92 Å². The lowest BCUT2D eigenvalue weighted by Gasteiger charge is -2.20. The second-order valence-electron chi connectivity index (χ2n) is 4.70. The SMILES string of the molecule is O=C(CCC1CCCCC1)c1cc(Br)c(Br)s1. The highest BCUT2D eigenvalue weighted by molar-refractivity contribution is 9.13. The van der Waals surface area contributed by atoms with Crippen LogP contribution in [-0.2, 0) is 0 Å². The Morgan fingerprint density at radius 1 is 1.29 bits per heavy atom. The Kier molecular flexibility index (Phi) is 5.25. The summed E-state index contributed by atoms with van der Waals surface area (Å²) in [5, 5.41) is 0. The standard InChI is InChI=1S/C13H16Br2OS/c14-10-8-12(17-13(10)15)11(16)7-6-9-4-2-1-3-5-9/h8-9H,1-7H2. The molecule has 0 unspecified atom stereocenters. The van der Waals surface area contributed by atoms with Gasteiger partial charge in [-0.1, -0.05) is 32.1 Å². The molecule has 1 saturated carbocycles. The average Bonchev–Trinajstić information content (AvgIpc) is 2.68. The van der Waals surface area contributed by atoms with Crippen LogP contribution < -0.4 is 0 Å². The first-order valence-electron chi connectivity index (χ1n) is 6.15. The number of hydrogen-bond acceptors (Lipinski definition) is 2. The van der Waals surface area contributed by atoms with Crippen molar-refractivity contribution >= 4 is 49.0 Å².